The monoisotopic (exact) mass is 406 g/mol. The molecule has 0 radical (unpaired) electrons. The molecule has 2 aromatic rings. The Morgan fingerprint density at radius 1 is 0.967 bits per heavy atom. The number of fused-ring (bicyclic) bond motifs is 2. The van der Waals surface area contributed by atoms with E-state index in [2.05, 4.69) is 23.1 Å². The molecule has 0 aromatic heterocycles. The van der Waals surface area contributed by atoms with E-state index in [1.807, 2.05) is 32.0 Å². The standard InChI is InChI=1S/C24H26N2O4/c1-3-24(4-2)22(27)26(23(24)28)19-7-5-6-16(10-19)13-25-9-8-17-11-20-21(30-15-29-20)12-18(17)14-25/h5-7,10-12H,3-4,8-9,13-15H2,1-2H3. The maximum Gasteiger partial charge on any atom is 0.249 e. The molecular weight excluding hydrogens is 380 g/mol. The molecule has 0 atom stereocenters. The topological polar surface area (TPSA) is 59.1 Å². The van der Waals surface area contributed by atoms with Crippen LogP contribution in [0, 0.1) is 5.41 Å². The van der Waals surface area contributed by atoms with Crippen molar-refractivity contribution in [3.8, 4) is 11.5 Å². The fraction of sp³-hybridized carbons (Fsp3) is 0.417. The van der Waals surface area contributed by atoms with E-state index in [1.54, 1.807) is 0 Å². The van der Waals surface area contributed by atoms with E-state index in [0.29, 0.717) is 25.3 Å². The first kappa shape index (κ1) is 19.1. The Morgan fingerprint density at radius 2 is 1.67 bits per heavy atom. The largest absolute Gasteiger partial charge is 0.454 e. The Hall–Kier alpha value is -2.86. The Bertz CT molecular complexity index is 1010. The molecule has 0 N–H and O–H groups in total. The van der Waals surface area contributed by atoms with Crippen LogP contribution in [0.1, 0.15) is 43.4 Å². The van der Waals surface area contributed by atoms with Crippen LogP contribution < -0.4 is 14.4 Å². The zero-order chi connectivity index (χ0) is 20.9. The van der Waals surface area contributed by atoms with Crippen LogP contribution in [0.5, 0.6) is 11.5 Å². The number of amides is 2. The van der Waals surface area contributed by atoms with E-state index in [1.165, 1.54) is 16.0 Å². The minimum Gasteiger partial charge on any atom is -0.454 e. The first-order valence-corrected chi connectivity index (χ1v) is 10.7. The number of benzene rings is 2. The van der Waals surface area contributed by atoms with Crippen LogP contribution in [0.2, 0.25) is 0 Å². The van der Waals surface area contributed by atoms with Gasteiger partial charge in [0.25, 0.3) is 0 Å². The van der Waals surface area contributed by atoms with Crippen molar-refractivity contribution in [3.63, 3.8) is 0 Å². The van der Waals surface area contributed by atoms with Gasteiger partial charge in [0.1, 0.15) is 5.41 Å². The number of rotatable bonds is 5. The van der Waals surface area contributed by atoms with Gasteiger partial charge in [-0.2, -0.15) is 0 Å². The summed E-state index contributed by atoms with van der Waals surface area (Å²) in [4.78, 5) is 29.3. The molecule has 0 spiro atoms. The molecule has 0 unspecified atom stereocenters. The summed E-state index contributed by atoms with van der Waals surface area (Å²) in [6, 6.07) is 12.0. The predicted octanol–water partition coefficient (Wildman–Crippen LogP) is 3.65. The molecule has 3 heterocycles. The maximum atomic E-state index is 12.8. The summed E-state index contributed by atoms with van der Waals surface area (Å²) in [5.74, 6) is 1.52. The summed E-state index contributed by atoms with van der Waals surface area (Å²) in [6.45, 7) is 6.67. The van der Waals surface area contributed by atoms with E-state index in [0.717, 1.165) is 43.1 Å². The number of ether oxygens (including phenoxy) is 2. The van der Waals surface area contributed by atoms with Gasteiger partial charge in [0.15, 0.2) is 11.5 Å². The first-order chi connectivity index (χ1) is 14.6. The second-order valence-corrected chi connectivity index (χ2v) is 8.34. The lowest BCUT2D eigenvalue weighted by Crippen LogP contribution is -2.66. The number of β-lactam (4-membered cyclic amide) rings is 2. The molecule has 1 fully saturated rings. The van der Waals surface area contributed by atoms with Gasteiger partial charge in [-0.25, -0.2) is 4.90 Å². The molecular formula is C24H26N2O4. The van der Waals surface area contributed by atoms with Crippen molar-refractivity contribution in [2.45, 2.75) is 46.2 Å². The van der Waals surface area contributed by atoms with Crippen molar-refractivity contribution < 1.29 is 19.1 Å². The molecule has 1 saturated heterocycles. The summed E-state index contributed by atoms with van der Waals surface area (Å²) in [5.41, 5.74) is 3.55. The van der Waals surface area contributed by atoms with E-state index in [-0.39, 0.29) is 11.8 Å². The van der Waals surface area contributed by atoms with Gasteiger partial charge < -0.3 is 9.47 Å². The summed E-state index contributed by atoms with van der Waals surface area (Å²) in [7, 11) is 0. The van der Waals surface area contributed by atoms with E-state index in [9.17, 15) is 9.59 Å². The van der Waals surface area contributed by atoms with Crippen molar-refractivity contribution in [1.29, 1.82) is 0 Å². The highest BCUT2D eigenvalue weighted by Gasteiger charge is 2.58. The molecule has 156 valence electrons. The molecule has 5 rings (SSSR count). The highest BCUT2D eigenvalue weighted by molar-refractivity contribution is 6.36. The van der Waals surface area contributed by atoms with Gasteiger partial charge in [-0.05, 0) is 60.2 Å². The fourth-order valence-electron chi connectivity index (χ4n) is 4.84. The number of hydrogen-bond donors (Lipinski definition) is 0. The van der Waals surface area contributed by atoms with E-state index < -0.39 is 5.41 Å². The SMILES string of the molecule is CCC1(CC)C(=O)N(c2cccc(CN3CCc4cc5c(cc4C3)OCO5)c2)C1=O. The molecule has 2 aromatic carbocycles. The summed E-state index contributed by atoms with van der Waals surface area (Å²) < 4.78 is 11.0. The number of imide groups is 1. The minimum absolute atomic E-state index is 0.0716. The quantitative estimate of drug-likeness (QED) is 0.560. The minimum atomic E-state index is -0.821. The number of carbonyl (C=O) groups excluding carboxylic acids is 2. The number of nitrogens with zero attached hydrogens (tertiary/aromatic N) is 2. The summed E-state index contributed by atoms with van der Waals surface area (Å²) in [5, 5.41) is 0. The van der Waals surface area contributed by atoms with E-state index in [4.69, 9.17) is 9.47 Å². The lowest BCUT2D eigenvalue weighted by Gasteiger charge is -2.45. The molecule has 0 saturated carbocycles. The second-order valence-electron chi connectivity index (χ2n) is 8.34. The molecule has 2 amide bonds. The van der Waals surface area contributed by atoms with Gasteiger partial charge in [0.2, 0.25) is 18.6 Å². The van der Waals surface area contributed by atoms with Gasteiger partial charge in [0, 0.05) is 19.6 Å². The average molecular weight is 406 g/mol. The van der Waals surface area contributed by atoms with Crippen molar-refractivity contribution in [2.24, 2.45) is 5.41 Å². The number of hydrogen-bond acceptors (Lipinski definition) is 5. The van der Waals surface area contributed by atoms with E-state index >= 15 is 0 Å². The Morgan fingerprint density at radius 3 is 2.37 bits per heavy atom. The van der Waals surface area contributed by atoms with Crippen molar-refractivity contribution in [1.82, 2.24) is 4.90 Å². The second kappa shape index (κ2) is 7.13. The van der Waals surface area contributed by atoms with Crippen LogP contribution in [0.3, 0.4) is 0 Å². The van der Waals surface area contributed by atoms with Gasteiger partial charge >= 0.3 is 0 Å². The molecule has 3 aliphatic rings. The number of anilines is 1. The molecule has 6 heteroatoms. The first-order valence-electron chi connectivity index (χ1n) is 10.7. The van der Waals surface area contributed by atoms with Crippen LogP contribution in [-0.4, -0.2) is 30.1 Å². The summed E-state index contributed by atoms with van der Waals surface area (Å²) >= 11 is 0. The van der Waals surface area contributed by atoms with Gasteiger partial charge in [0.05, 0.1) is 5.69 Å². The normalized spacial score (nSPS) is 19.6. The summed E-state index contributed by atoms with van der Waals surface area (Å²) in [6.07, 6.45) is 2.08. The lowest BCUT2D eigenvalue weighted by atomic mass is 9.73. The number of carbonyl (C=O) groups is 2. The Kier molecular flexibility index (Phi) is 4.54. The van der Waals surface area contributed by atoms with Crippen molar-refractivity contribution in [2.75, 3.05) is 18.2 Å². The molecule has 30 heavy (non-hydrogen) atoms. The van der Waals surface area contributed by atoms with Crippen LogP contribution in [0.4, 0.5) is 5.69 Å². The third-order valence-corrected chi connectivity index (χ3v) is 6.79. The zero-order valence-electron chi connectivity index (χ0n) is 17.4. The van der Waals surface area contributed by atoms with Gasteiger partial charge in [-0.1, -0.05) is 26.0 Å². The highest BCUT2D eigenvalue weighted by Crippen LogP contribution is 2.43. The van der Waals surface area contributed by atoms with Gasteiger partial charge in [-0.15, -0.1) is 0 Å². The van der Waals surface area contributed by atoms with Gasteiger partial charge in [-0.3, -0.25) is 14.5 Å². The third kappa shape index (κ3) is 2.82. The Labute approximate surface area is 176 Å². The fourth-order valence-corrected chi connectivity index (χ4v) is 4.84. The lowest BCUT2D eigenvalue weighted by molar-refractivity contribution is -0.153. The van der Waals surface area contributed by atoms with Crippen molar-refractivity contribution in [3.05, 3.63) is 53.1 Å². The smallest absolute Gasteiger partial charge is 0.249 e. The highest BCUT2D eigenvalue weighted by atomic mass is 16.7. The maximum absolute atomic E-state index is 12.8. The molecule has 0 bridgehead atoms. The third-order valence-electron chi connectivity index (χ3n) is 6.79. The van der Waals surface area contributed by atoms with Crippen LogP contribution in [-0.2, 0) is 29.1 Å². The zero-order valence-corrected chi connectivity index (χ0v) is 17.4. The molecule has 6 nitrogen and oxygen atoms in total. The van der Waals surface area contributed by atoms with Crippen LogP contribution >= 0.6 is 0 Å². The Balaban J connectivity index is 1.32. The average Bonchev–Trinajstić information content (AvgIpc) is 3.21. The molecule has 3 aliphatic heterocycles. The van der Waals surface area contributed by atoms with Crippen molar-refractivity contribution >= 4 is 17.5 Å². The van der Waals surface area contributed by atoms with Crippen LogP contribution in [0.15, 0.2) is 36.4 Å². The predicted molar refractivity (Wildman–Crippen MR) is 112 cm³/mol. The van der Waals surface area contributed by atoms with Crippen LogP contribution in [0.25, 0.3) is 0 Å². The molecule has 0 aliphatic carbocycles.